The van der Waals surface area contributed by atoms with Crippen molar-refractivity contribution in [3.05, 3.63) is 39.3 Å². The Balaban J connectivity index is 0.956. The monoisotopic (exact) mass is 1500 g/mol. The highest BCUT2D eigenvalue weighted by Gasteiger charge is 2.61. The highest BCUT2D eigenvalue weighted by molar-refractivity contribution is 7.86. The number of hydrogen-bond donors (Lipinski definition) is 22. The van der Waals surface area contributed by atoms with Crippen molar-refractivity contribution >= 4 is 10.1 Å². The standard InChI is InChI=1S/C57H89N3O41S/c1-14-4-15(2)49(16(3)5-14)102(83,84)85-13-24-48-32(74)40(82)57(93-24)94-41-17(6-59-60-58)86-50(33(75)25(41)67)95-42-18(7-61)87-51(34(76)26(42)68)96-43-19(8-62)88-52(35(77)27(43)69)97-44-20(9-63)89-53(36(78)28(44)70)98-45-21(10-64)90-54(37(79)29(45)71)99-46-22(11-65)91-55(38(80)30(46)72)100-47-23(12-66)92-56(101-48)39(81)31(47)73/h4-5,17-48,50-57,61-82H,6-13H2,1-3H3/t17-,18-,19-,20-,21-,22-,23-,24-,25-,26-,27-,28-,29-,30-,31-,32-,33-,34-,35-,36-,37?,38-,39-,40-,41-,42-,43-,44-,45-,46-,47-,48-,50-,51-,52-,53-,54-,55-,56-,57-/m1/s1. The van der Waals surface area contributed by atoms with Gasteiger partial charge in [-0.1, -0.05) is 22.8 Å². The lowest BCUT2D eigenvalue weighted by Gasteiger charge is -2.50. The number of aliphatic hydroxyl groups excluding tert-OH is 22. The normalized spacial score (nSPS) is 49.4. The van der Waals surface area contributed by atoms with E-state index in [-0.39, 0.29) is 16.0 Å². The van der Waals surface area contributed by atoms with Crippen LogP contribution in [0.3, 0.4) is 0 Å². The Labute approximate surface area is 577 Å². The first-order valence-corrected chi connectivity index (χ1v) is 33.8. The molecule has 0 aromatic heterocycles. The number of rotatable bonds is 12. The van der Waals surface area contributed by atoms with E-state index < -0.39 is 309 Å². The summed E-state index contributed by atoms with van der Waals surface area (Å²) < 4.78 is 126. The zero-order valence-electron chi connectivity index (χ0n) is 54.3. The van der Waals surface area contributed by atoms with Gasteiger partial charge in [-0.15, -0.1) is 0 Å². The Morgan fingerprint density at radius 1 is 0.333 bits per heavy atom. The second-order valence-electron chi connectivity index (χ2n) is 26.0. The fourth-order valence-electron chi connectivity index (χ4n) is 13.8. The largest absolute Gasteiger partial charge is 0.394 e. The third-order valence-electron chi connectivity index (χ3n) is 19.1. The number of ether oxygens (including phenoxy) is 16. The Hall–Kier alpha value is -3.08. The molecule has 584 valence electrons. The lowest BCUT2D eigenvalue weighted by Crippen LogP contribution is -2.69. The highest BCUT2D eigenvalue weighted by Crippen LogP contribution is 2.41. The van der Waals surface area contributed by atoms with Crippen molar-refractivity contribution in [2.24, 2.45) is 5.11 Å². The van der Waals surface area contributed by atoms with Crippen LogP contribution in [0.2, 0.25) is 0 Å². The van der Waals surface area contributed by atoms with E-state index in [1.165, 1.54) is 26.0 Å². The summed E-state index contributed by atoms with van der Waals surface area (Å²) in [6.07, 6.45) is -85.3. The summed E-state index contributed by atoms with van der Waals surface area (Å²) in [5.41, 5.74) is 10.5. The fourth-order valence-corrected chi connectivity index (χ4v) is 15.1. The lowest BCUT2D eigenvalue weighted by molar-refractivity contribution is -0.403. The molecule has 102 heavy (non-hydrogen) atoms. The van der Waals surface area contributed by atoms with E-state index >= 15 is 0 Å². The van der Waals surface area contributed by atoms with E-state index in [1.807, 2.05) is 0 Å². The van der Waals surface area contributed by atoms with Crippen molar-refractivity contribution in [1.82, 2.24) is 0 Å². The molecule has 30 aliphatic heterocycles. The maximum Gasteiger partial charge on any atom is 0.297 e. The summed E-state index contributed by atoms with van der Waals surface area (Å²) in [6, 6.07) is 3.05. The van der Waals surface area contributed by atoms with Crippen molar-refractivity contribution < 1.29 is 201 Å². The molecule has 0 amide bonds. The molecule has 30 fully saturated rings. The van der Waals surface area contributed by atoms with Crippen molar-refractivity contribution in [1.29, 1.82) is 0 Å². The summed E-state index contributed by atoms with van der Waals surface area (Å²) in [5, 5.41) is 252. The molecule has 44 nitrogen and oxygen atoms in total. The number of nitrogens with zero attached hydrogens (tertiary/aromatic N) is 3. The van der Waals surface area contributed by atoms with Gasteiger partial charge < -0.3 is 188 Å². The zero-order chi connectivity index (χ0) is 74.4. The van der Waals surface area contributed by atoms with Crippen molar-refractivity contribution in [2.75, 3.05) is 52.8 Å². The molecule has 1 unspecified atom stereocenters. The predicted molar refractivity (Wildman–Crippen MR) is 315 cm³/mol. The molecular formula is C57H89N3O41S. The van der Waals surface area contributed by atoms with Crippen molar-refractivity contribution in [3.8, 4) is 0 Å². The average molecular weight is 1500 g/mol. The molecule has 22 N–H and O–H groups in total. The minimum absolute atomic E-state index is 0.215. The van der Waals surface area contributed by atoms with E-state index in [1.54, 1.807) is 6.92 Å². The van der Waals surface area contributed by atoms with Crippen LogP contribution in [0.15, 0.2) is 22.1 Å². The Morgan fingerprint density at radius 3 is 0.745 bits per heavy atom. The quantitative estimate of drug-likeness (QED) is 0.0400. The van der Waals surface area contributed by atoms with E-state index in [2.05, 4.69) is 10.0 Å². The number of aliphatic hydroxyl groups is 22. The van der Waals surface area contributed by atoms with Crippen molar-refractivity contribution in [3.63, 3.8) is 0 Å². The number of aryl methyl sites for hydroxylation is 3. The van der Waals surface area contributed by atoms with E-state index in [0.717, 1.165) is 0 Å². The summed E-state index contributed by atoms with van der Waals surface area (Å²) >= 11 is 0. The number of benzene rings is 1. The fraction of sp³-hybridized carbons (Fsp3) is 0.895. The van der Waals surface area contributed by atoms with Crippen LogP contribution in [0, 0.1) is 20.8 Å². The molecule has 45 heteroatoms. The number of hydrogen-bond acceptors (Lipinski definition) is 42. The minimum Gasteiger partial charge on any atom is -0.394 e. The smallest absolute Gasteiger partial charge is 0.297 e. The predicted octanol–water partition coefficient (Wildman–Crippen LogP) is -13.7. The third-order valence-corrected chi connectivity index (χ3v) is 20.7. The summed E-state index contributed by atoms with van der Waals surface area (Å²) in [6.45, 7) is -4.15. The topological polar surface area (TPSA) is 685 Å². The molecule has 31 rings (SSSR count). The lowest BCUT2D eigenvalue weighted by atomic mass is 9.94. The molecule has 0 aliphatic carbocycles. The molecular weight excluding hydrogens is 1410 g/mol. The summed E-state index contributed by atoms with van der Waals surface area (Å²) in [5.74, 6) is 0. The molecule has 0 saturated carbocycles. The van der Waals surface area contributed by atoms with Gasteiger partial charge in [0, 0.05) is 4.91 Å². The SMILES string of the molecule is Cc1cc(C)c(S(=O)(=O)OC[C@H]2O[C@@H]3O[C@H]4[C@H](O)[C@@H](O)[C@@H](O[C@H]5[C@H](O)[C@@H](O)[C@@H](O[C@H]6[C@H](O)[C@@H](O)[C@@H](O[C@H]7[C@H](O)[C@@H](O)[C@@H](O[C@H]8[C@H](O)C(O)[C@@H](O[C@H]9[C@H](O)[C@@H](O)[C@@H](O[C@H]%10[C@H](O)[C@@H](O)[C@@H](O[C@H]2[C@H](O)[C@H]3O)O[C@@H]%10CO)O[C@@H]9CO)O[C@@H]8CO)O[C@@H]7CO)O[C@@H]6CO)O[C@@H]5CO)O[C@@H]4CN=[N+]=[N-])c(C)c1. The van der Waals surface area contributed by atoms with Crippen LogP contribution in [0.5, 0.6) is 0 Å². The molecule has 30 aliphatic rings. The molecule has 0 radical (unpaired) electrons. The van der Waals surface area contributed by atoms with Gasteiger partial charge in [-0.3, -0.25) is 4.18 Å². The molecule has 40 atom stereocenters. The van der Waals surface area contributed by atoms with Gasteiger partial charge in [0.25, 0.3) is 10.1 Å². The molecule has 1 aromatic carbocycles. The van der Waals surface area contributed by atoms with Crippen LogP contribution in [-0.4, -0.2) is 419 Å². The first-order chi connectivity index (χ1) is 48.4. The first kappa shape index (κ1) is 81.4. The van der Waals surface area contributed by atoms with Gasteiger partial charge in [-0.25, -0.2) is 0 Å². The first-order valence-electron chi connectivity index (χ1n) is 32.4. The Kier molecular flexibility index (Phi) is 27.3. The summed E-state index contributed by atoms with van der Waals surface area (Å²) in [7, 11) is -4.84. The third kappa shape index (κ3) is 16.4. The van der Waals surface area contributed by atoms with Crippen LogP contribution in [0.25, 0.3) is 10.4 Å². The highest BCUT2D eigenvalue weighted by atomic mass is 32.2. The van der Waals surface area contributed by atoms with Gasteiger partial charge in [0.2, 0.25) is 0 Å². The van der Waals surface area contributed by atoms with Gasteiger partial charge in [0.15, 0.2) is 50.3 Å². The van der Waals surface area contributed by atoms with Crippen LogP contribution < -0.4 is 0 Å². The molecule has 16 bridgehead atoms. The van der Waals surface area contributed by atoms with Crippen LogP contribution >= 0.6 is 0 Å². The van der Waals surface area contributed by atoms with Crippen LogP contribution in [-0.2, 0) is 90.1 Å². The van der Waals surface area contributed by atoms with Crippen LogP contribution in [0.4, 0.5) is 0 Å². The van der Waals surface area contributed by atoms with Crippen LogP contribution in [0.1, 0.15) is 16.7 Å². The molecule has 0 spiro atoms. The number of azide groups is 1. The Morgan fingerprint density at radius 2 is 0.529 bits per heavy atom. The minimum atomic E-state index is -4.84. The van der Waals surface area contributed by atoms with Gasteiger partial charge in [-0.2, -0.15) is 8.42 Å². The maximum atomic E-state index is 14.1. The molecule has 30 saturated heterocycles. The molecule has 1 aromatic rings. The summed E-state index contributed by atoms with van der Waals surface area (Å²) in [4.78, 5) is 2.36. The van der Waals surface area contributed by atoms with Gasteiger partial charge in [0.1, 0.15) is 189 Å². The second kappa shape index (κ2) is 34.2. The van der Waals surface area contributed by atoms with Gasteiger partial charge in [-0.05, 0) is 37.4 Å². The van der Waals surface area contributed by atoms with E-state index in [4.69, 9.17) is 80.0 Å². The van der Waals surface area contributed by atoms with Gasteiger partial charge >= 0.3 is 0 Å². The Bertz CT molecular complexity index is 3010. The second-order valence-corrected chi connectivity index (χ2v) is 27.5. The van der Waals surface area contributed by atoms with E-state index in [0.29, 0.717) is 5.56 Å². The van der Waals surface area contributed by atoms with Crippen molar-refractivity contribution in [2.45, 2.75) is 271 Å². The van der Waals surface area contributed by atoms with Gasteiger partial charge in [0.05, 0.1) is 63.8 Å². The van der Waals surface area contributed by atoms with E-state index in [9.17, 15) is 126 Å². The zero-order valence-corrected chi connectivity index (χ0v) is 55.1. The average Bonchev–Trinajstić information content (AvgIpc) is 0.777. The maximum absolute atomic E-state index is 14.1. The molecule has 30 heterocycles.